The van der Waals surface area contributed by atoms with Gasteiger partial charge in [0.2, 0.25) is 0 Å². The zero-order chi connectivity index (χ0) is 13.9. The van der Waals surface area contributed by atoms with Crippen molar-refractivity contribution in [1.82, 2.24) is 4.98 Å². The van der Waals surface area contributed by atoms with Crippen molar-refractivity contribution in [2.24, 2.45) is 0 Å². The molecule has 0 saturated carbocycles. The van der Waals surface area contributed by atoms with E-state index in [9.17, 15) is 0 Å². The van der Waals surface area contributed by atoms with E-state index in [0.29, 0.717) is 6.04 Å². The highest BCUT2D eigenvalue weighted by Crippen LogP contribution is 2.32. The lowest BCUT2D eigenvalue weighted by Crippen LogP contribution is -2.10. The summed E-state index contributed by atoms with van der Waals surface area (Å²) in [6.45, 7) is 2.18. The molecule has 3 aromatic rings. The third-order valence-electron chi connectivity index (χ3n) is 3.45. The quantitative estimate of drug-likeness (QED) is 0.696. The molecule has 0 fully saturated rings. The standard InChI is InChI=1S/C16H17N3S/c1-2-12(15-6-4-10-20-15)19-14-8-7-13-11(16(14)17)5-3-9-18-13/h3-10,12,19H,2,17H2,1H3. The first-order valence-corrected chi connectivity index (χ1v) is 7.60. The predicted molar refractivity (Wildman–Crippen MR) is 87.1 cm³/mol. The van der Waals surface area contributed by atoms with Gasteiger partial charge in [0.05, 0.1) is 22.9 Å². The minimum absolute atomic E-state index is 0.298. The molecule has 0 aliphatic carbocycles. The molecule has 2 aromatic heterocycles. The molecular weight excluding hydrogens is 266 g/mol. The number of hydrogen-bond acceptors (Lipinski definition) is 4. The number of nitrogens with one attached hydrogen (secondary N) is 1. The van der Waals surface area contributed by atoms with Crippen molar-refractivity contribution in [2.45, 2.75) is 19.4 Å². The number of fused-ring (bicyclic) bond motifs is 1. The van der Waals surface area contributed by atoms with Crippen LogP contribution in [-0.4, -0.2) is 4.98 Å². The molecule has 3 rings (SSSR count). The summed E-state index contributed by atoms with van der Waals surface area (Å²) in [4.78, 5) is 5.66. The molecule has 1 unspecified atom stereocenters. The number of thiophene rings is 1. The van der Waals surface area contributed by atoms with Gasteiger partial charge in [-0.15, -0.1) is 11.3 Å². The van der Waals surface area contributed by atoms with E-state index in [1.54, 1.807) is 17.5 Å². The number of pyridine rings is 1. The fraction of sp³-hybridized carbons (Fsp3) is 0.188. The minimum atomic E-state index is 0.298. The number of anilines is 2. The Morgan fingerprint density at radius 3 is 2.90 bits per heavy atom. The number of nitrogens with two attached hydrogens (primary N) is 1. The lowest BCUT2D eigenvalue weighted by atomic mass is 10.1. The Bertz CT molecular complexity index is 707. The van der Waals surface area contributed by atoms with Gasteiger partial charge >= 0.3 is 0 Å². The van der Waals surface area contributed by atoms with Crippen LogP contribution in [0.3, 0.4) is 0 Å². The van der Waals surface area contributed by atoms with Crippen molar-refractivity contribution in [3.63, 3.8) is 0 Å². The molecular formula is C16H17N3S. The van der Waals surface area contributed by atoms with Crippen LogP contribution in [0.1, 0.15) is 24.3 Å². The fourth-order valence-corrected chi connectivity index (χ4v) is 3.21. The molecule has 3 nitrogen and oxygen atoms in total. The largest absolute Gasteiger partial charge is 0.397 e. The number of nitrogens with zero attached hydrogens (tertiary/aromatic N) is 1. The smallest absolute Gasteiger partial charge is 0.0724 e. The first kappa shape index (κ1) is 12.9. The van der Waals surface area contributed by atoms with Crippen LogP contribution in [0.2, 0.25) is 0 Å². The van der Waals surface area contributed by atoms with Crippen molar-refractivity contribution in [3.05, 3.63) is 52.9 Å². The van der Waals surface area contributed by atoms with Crippen LogP contribution in [0.25, 0.3) is 10.9 Å². The summed E-state index contributed by atoms with van der Waals surface area (Å²) in [6, 6.07) is 12.5. The average molecular weight is 283 g/mol. The van der Waals surface area contributed by atoms with Crippen molar-refractivity contribution >= 4 is 33.6 Å². The molecule has 3 N–H and O–H groups in total. The van der Waals surface area contributed by atoms with Crippen LogP contribution in [0, 0.1) is 0 Å². The Morgan fingerprint density at radius 2 is 2.15 bits per heavy atom. The lowest BCUT2D eigenvalue weighted by molar-refractivity contribution is 0.764. The van der Waals surface area contributed by atoms with Gasteiger partial charge in [0.15, 0.2) is 0 Å². The number of hydrogen-bond donors (Lipinski definition) is 2. The molecule has 0 amide bonds. The highest BCUT2D eigenvalue weighted by Gasteiger charge is 2.12. The maximum Gasteiger partial charge on any atom is 0.0724 e. The number of nitrogen functional groups attached to an aromatic ring is 1. The van der Waals surface area contributed by atoms with E-state index in [2.05, 4.69) is 34.7 Å². The molecule has 4 heteroatoms. The van der Waals surface area contributed by atoms with Crippen LogP contribution in [-0.2, 0) is 0 Å². The molecule has 0 radical (unpaired) electrons. The molecule has 0 bridgehead atoms. The second kappa shape index (κ2) is 5.51. The molecule has 0 spiro atoms. The van der Waals surface area contributed by atoms with Crippen molar-refractivity contribution in [1.29, 1.82) is 0 Å². The van der Waals surface area contributed by atoms with Crippen LogP contribution in [0.5, 0.6) is 0 Å². The molecule has 20 heavy (non-hydrogen) atoms. The second-order valence-electron chi connectivity index (χ2n) is 4.72. The highest BCUT2D eigenvalue weighted by atomic mass is 32.1. The van der Waals surface area contributed by atoms with Gasteiger partial charge in [-0.3, -0.25) is 4.98 Å². The Kier molecular flexibility index (Phi) is 3.56. The Morgan fingerprint density at radius 1 is 1.25 bits per heavy atom. The van der Waals surface area contributed by atoms with E-state index in [0.717, 1.165) is 28.7 Å². The van der Waals surface area contributed by atoms with Gasteiger partial charge in [-0.2, -0.15) is 0 Å². The van der Waals surface area contributed by atoms with Crippen LogP contribution < -0.4 is 11.1 Å². The molecule has 0 aliphatic heterocycles. The third-order valence-corrected chi connectivity index (χ3v) is 4.44. The minimum Gasteiger partial charge on any atom is -0.397 e. The summed E-state index contributed by atoms with van der Waals surface area (Å²) in [7, 11) is 0. The van der Waals surface area contributed by atoms with Gasteiger partial charge in [0, 0.05) is 16.5 Å². The second-order valence-corrected chi connectivity index (χ2v) is 5.70. The van der Waals surface area contributed by atoms with Crippen molar-refractivity contribution in [2.75, 3.05) is 11.1 Å². The molecule has 1 atom stereocenters. The number of rotatable bonds is 4. The van der Waals surface area contributed by atoms with Crippen LogP contribution >= 0.6 is 11.3 Å². The number of aromatic nitrogens is 1. The van der Waals surface area contributed by atoms with E-state index < -0.39 is 0 Å². The van der Waals surface area contributed by atoms with Gasteiger partial charge in [0.25, 0.3) is 0 Å². The van der Waals surface area contributed by atoms with E-state index in [1.807, 2.05) is 24.3 Å². The van der Waals surface area contributed by atoms with Crippen molar-refractivity contribution < 1.29 is 0 Å². The molecule has 0 saturated heterocycles. The van der Waals surface area contributed by atoms with E-state index in [1.165, 1.54) is 4.88 Å². The summed E-state index contributed by atoms with van der Waals surface area (Å²) in [5.74, 6) is 0. The maximum atomic E-state index is 6.28. The monoisotopic (exact) mass is 283 g/mol. The van der Waals surface area contributed by atoms with Gasteiger partial charge in [-0.05, 0) is 42.1 Å². The zero-order valence-electron chi connectivity index (χ0n) is 11.3. The average Bonchev–Trinajstić information content (AvgIpc) is 3.01. The third kappa shape index (κ3) is 2.34. The lowest BCUT2D eigenvalue weighted by Gasteiger charge is -2.19. The summed E-state index contributed by atoms with van der Waals surface area (Å²) in [5, 5.41) is 6.65. The van der Waals surface area contributed by atoms with Gasteiger partial charge < -0.3 is 11.1 Å². The Labute approximate surface area is 122 Å². The van der Waals surface area contributed by atoms with E-state index in [4.69, 9.17) is 5.73 Å². The predicted octanol–water partition coefficient (Wildman–Crippen LogP) is 4.44. The van der Waals surface area contributed by atoms with Crippen molar-refractivity contribution in [3.8, 4) is 0 Å². The summed E-state index contributed by atoms with van der Waals surface area (Å²) in [6.07, 6.45) is 2.81. The maximum absolute atomic E-state index is 6.28. The SMILES string of the molecule is CCC(Nc1ccc2ncccc2c1N)c1cccs1. The molecule has 102 valence electrons. The topological polar surface area (TPSA) is 50.9 Å². The normalized spacial score (nSPS) is 12.4. The Hall–Kier alpha value is -2.07. The van der Waals surface area contributed by atoms with E-state index in [-0.39, 0.29) is 0 Å². The van der Waals surface area contributed by atoms with Gasteiger partial charge in [-0.25, -0.2) is 0 Å². The molecule has 1 aromatic carbocycles. The fourth-order valence-electron chi connectivity index (χ4n) is 2.35. The molecule has 0 aliphatic rings. The first-order valence-electron chi connectivity index (χ1n) is 6.72. The zero-order valence-corrected chi connectivity index (χ0v) is 12.2. The summed E-state index contributed by atoms with van der Waals surface area (Å²) in [5.41, 5.74) is 8.95. The van der Waals surface area contributed by atoms with Gasteiger partial charge in [0.1, 0.15) is 0 Å². The van der Waals surface area contributed by atoms with Crippen LogP contribution in [0.15, 0.2) is 48.0 Å². The van der Waals surface area contributed by atoms with E-state index >= 15 is 0 Å². The molecule has 2 heterocycles. The highest BCUT2D eigenvalue weighted by molar-refractivity contribution is 7.10. The van der Waals surface area contributed by atoms with Gasteiger partial charge in [-0.1, -0.05) is 13.0 Å². The first-order chi connectivity index (χ1) is 9.79. The summed E-state index contributed by atoms with van der Waals surface area (Å²) >= 11 is 1.77. The Balaban J connectivity index is 1.96. The van der Waals surface area contributed by atoms with Crippen LogP contribution in [0.4, 0.5) is 11.4 Å². The summed E-state index contributed by atoms with van der Waals surface area (Å²) < 4.78 is 0. The number of benzene rings is 1.